The van der Waals surface area contributed by atoms with Gasteiger partial charge in [0.05, 0.1) is 0 Å². The van der Waals surface area contributed by atoms with Crippen molar-refractivity contribution in [1.82, 2.24) is 5.32 Å². The minimum atomic E-state index is 0.745. The molecule has 0 aromatic heterocycles. The zero-order valence-electron chi connectivity index (χ0n) is 10.2. The standard InChI is InChI=1S/C13H24N2/c1-10(2)8-11(3)9-15-13-6-4-12(14)5-7-13/h4,6,10-11,15H,5,7-9,14H2,1-3H3. The Morgan fingerprint density at radius 1 is 1.27 bits per heavy atom. The number of nitrogens with two attached hydrogens (primary N) is 1. The summed E-state index contributed by atoms with van der Waals surface area (Å²) in [5, 5.41) is 3.51. The van der Waals surface area contributed by atoms with E-state index < -0.39 is 0 Å². The van der Waals surface area contributed by atoms with E-state index in [0.29, 0.717) is 0 Å². The lowest BCUT2D eigenvalue weighted by Gasteiger charge is -2.19. The van der Waals surface area contributed by atoms with E-state index in [4.69, 9.17) is 5.73 Å². The number of allylic oxidation sites excluding steroid dienone is 4. The van der Waals surface area contributed by atoms with Crippen molar-refractivity contribution in [1.29, 1.82) is 0 Å². The predicted octanol–water partition coefficient (Wildman–Crippen LogP) is 2.78. The summed E-state index contributed by atoms with van der Waals surface area (Å²) in [4.78, 5) is 0. The van der Waals surface area contributed by atoms with Crippen LogP contribution >= 0.6 is 0 Å². The summed E-state index contributed by atoms with van der Waals surface area (Å²) >= 11 is 0. The lowest BCUT2D eigenvalue weighted by molar-refractivity contribution is 0.424. The molecule has 0 amide bonds. The Morgan fingerprint density at radius 3 is 2.53 bits per heavy atom. The monoisotopic (exact) mass is 208 g/mol. The maximum absolute atomic E-state index is 5.71. The van der Waals surface area contributed by atoms with Gasteiger partial charge in [0, 0.05) is 17.9 Å². The summed E-state index contributed by atoms with van der Waals surface area (Å²) in [6, 6.07) is 0. The summed E-state index contributed by atoms with van der Waals surface area (Å²) < 4.78 is 0. The third-order valence-electron chi connectivity index (χ3n) is 2.73. The SMILES string of the molecule is CC(C)CC(C)CNC1=CC=C(N)CC1. The quantitative estimate of drug-likeness (QED) is 0.729. The molecule has 1 atom stereocenters. The van der Waals surface area contributed by atoms with Crippen LogP contribution in [0.5, 0.6) is 0 Å². The molecule has 0 aromatic rings. The topological polar surface area (TPSA) is 38.0 Å². The highest BCUT2D eigenvalue weighted by Gasteiger charge is 2.07. The molecule has 1 unspecified atom stereocenters. The van der Waals surface area contributed by atoms with Crippen LogP contribution in [0.15, 0.2) is 23.5 Å². The van der Waals surface area contributed by atoms with Crippen molar-refractivity contribution in [2.24, 2.45) is 17.6 Å². The van der Waals surface area contributed by atoms with Gasteiger partial charge in [-0.1, -0.05) is 20.8 Å². The van der Waals surface area contributed by atoms with E-state index in [2.05, 4.69) is 32.2 Å². The Bertz CT molecular complexity index is 251. The van der Waals surface area contributed by atoms with Gasteiger partial charge in [0.2, 0.25) is 0 Å². The highest BCUT2D eigenvalue weighted by Crippen LogP contribution is 2.14. The van der Waals surface area contributed by atoms with Crippen LogP contribution in [0.25, 0.3) is 0 Å². The van der Waals surface area contributed by atoms with Gasteiger partial charge < -0.3 is 11.1 Å². The van der Waals surface area contributed by atoms with Crippen molar-refractivity contribution in [3.05, 3.63) is 23.5 Å². The molecule has 0 bridgehead atoms. The Labute approximate surface area is 93.6 Å². The van der Waals surface area contributed by atoms with E-state index in [-0.39, 0.29) is 0 Å². The molecule has 15 heavy (non-hydrogen) atoms. The molecule has 1 aliphatic rings. The second-order valence-electron chi connectivity index (χ2n) is 5.05. The molecule has 0 fully saturated rings. The molecule has 0 saturated heterocycles. The Kier molecular flexibility index (Phi) is 4.73. The zero-order valence-corrected chi connectivity index (χ0v) is 10.2. The summed E-state index contributed by atoms with van der Waals surface area (Å²) in [6.07, 6.45) is 7.48. The van der Waals surface area contributed by atoms with E-state index >= 15 is 0 Å². The first kappa shape index (κ1) is 12.2. The summed E-state index contributed by atoms with van der Waals surface area (Å²) in [7, 11) is 0. The second kappa shape index (κ2) is 5.84. The molecule has 0 heterocycles. The summed E-state index contributed by atoms with van der Waals surface area (Å²) in [6.45, 7) is 7.94. The molecule has 1 rings (SSSR count). The fourth-order valence-electron chi connectivity index (χ4n) is 1.99. The molecule has 2 nitrogen and oxygen atoms in total. The Balaban J connectivity index is 2.25. The maximum Gasteiger partial charge on any atom is 0.0169 e. The van der Waals surface area contributed by atoms with E-state index in [9.17, 15) is 0 Å². The molecule has 2 heteroatoms. The van der Waals surface area contributed by atoms with Crippen LogP contribution in [0.2, 0.25) is 0 Å². The van der Waals surface area contributed by atoms with Crippen LogP contribution in [-0.2, 0) is 0 Å². The van der Waals surface area contributed by atoms with Gasteiger partial charge >= 0.3 is 0 Å². The van der Waals surface area contributed by atoms with E-state index in [1.165, 1.54) is 12.1 Å². The lowest BCUT2D eigenvalue weighted by atomic mass is 9.98. The van der Waals surface area contributed by atoms with Crippen LogP contribution in [0.3, 0.4) is 0 Å². The van der Waals surface area contributed by atoms with Crippen LogP contribution in [0.1, 0.15) is 40.0 Å². The molecule has 86 valence electrons. The van der Waals surface area contributed by atoms with Crippen molar-refractivity contribution in [2.75, 3.05) is 6.54 Å². The van der Waals surface area contributed by atoms with Crippen LogP contribution in [0.4, 0.5) is 0 Å². The maximum atomic E-state index is 5.71. The largest absolute Gasteiger partial charge is 0.402 e. The van der Waals surface area contributed by atoms with E-state index in [0.717, 1.165) is 36.9 Å². The van der Waals surface area contributed by atoms with Gasteiger partial charge in [-0.25, -0.2) is 0 Å². The molecule has 0 aromatic carbocycles. The molecule has 3 N–H and O–H groups in total. The number of hydrogen-bond acceptors (Lipinski definition) is 2. The first-order valence-electron chi connectivity index (χ1n) is 5.97. The molecule has 0 aliphatic heterocycles. The number of nitrogens with one attached hydrogen (secondary N) is 1. The smallest absolute Gasteiger partial charge is 0.0169 e. The van der Waals surface area contributed by atoms with Gasteiger partial charge in [-0.3, -0.25) is 0 Å². The minimum Gasteiger partial charge on any atom is -0.402 e. The second-order valence-corrected chi connectivity index (χ2v) is 5.05. The van der Waals surface area contributed by atoms with Crippen molar-refractivity contribution in [2.45, 2.75) is 40.0 Å². The van der Waals surface area contributed by atoms with Crippen molar-refractivity contribution < 1.29 is 0 Å². The summed E-state index contributed by atoms with van der Waals surface area (Å²) in [5.41, 5.74) is 8.04. The fraction of sp³-hybridized carbons (Fsp3) is 0.692. The van der Waals surface area contributed by atoms with Crippen LogP contribution in [-0.4, -0.2) is 6.54 Å². The predicted molar refractivity (Wildman–Crippen MR) is 66.2 cm³/mol. The number of hydrogen-bond donors (Lipinski definition) is 2. The minimum absolute atomic E-state index is 0.745. The van der Waals surface area contributed by atoms with Gasteiger partial charge in [0.25, 0.3) is 0 Å². The molecule has 0 radical (unpaired) electrons. The molecular weight excluding hydrogens is 184 g/mol. The first-order valence-corrected chi connectivity index (χ1v) is 5.97. The molecule has 0 saturated carbocycles. The Morgan fingerprint density at radius 2 is 2.00 bits per heavy atom. The third-order valence-corrected chi connectivity index (χ3v) is 2.73. The lowest BCUT2D eigenvalue weighted by Crippen LogP contribution is -2.23. The molecule has 0 spiro atoms. The van der Waals surface area contributed by atoms with Crippen molar-refractivity contribution in [3.63, 3.8) is 0 Å². The zero-order chi connectivity index (χ0) is 11.3. The molecular formula is C13H24N2. The highest BCUT2D eigenvalue weighted by atomic mass is 14.9. The van der Waals surface area contributed by atoms with Crippen molar-refractivity contribution >= 4 is 0 Å². The Hall–Kier alpha value is -0.920. The van der Waals surface area contributed by atoms with Gasteiger partial charge in [-0.15, -0.1) is 0 Å². The van der Waals surface area contributed by atoms with E-state index in [1.54, 1.807) is 0 Å². The first-order chi connectivity index (χ1) is 7.08. The normalized spacial score (nSPS) is 18.4. The molecule has 1 aliphatic carbocycles. The van der Waals surface area contributed by atoms with Gasteiger partial charge in [0.1, 0.15) is 0 Å². The van der Waals surface area contributed by atoms with E-state index in [1.807, 2.05) is 6.08 Å². The van der Waals surface area contributed by atoms with Crippen LogP contribution < -0.4 is 11.1 Å². The van der Waals surface area contributed by atoms with Gasteiger partial charge in [0.15, 0.2) is 0 Å². The average molecular weight is 208 g/mol. The van der Waals surface area contributed by atoms with Crippen LogP contribution in [0, 0.1) is 11.8 Å². The highest BCUT2D eigenvalue weighted by molar-refractivity contribution is 5.21. The average Bonchev–Trinajstić information content (AvgIpc) is 2.16. The fourth-order valence-corrected chi connectivity index (χ4v) is 1.99. The van der Waals surface area contributed by atoms with Gasteiger partial charge in [-0.05, 0) is 43.3 Å². The summed E-state index contributed by atoms with van der Waals surface area (Å²) in [5.74, 6) is 1.53. The van der Waals surface area contributed by atoms with Crippen molar-refractivity contribution in [3.8, 4) is 0 Å². The third kappa shape index (κ3) is 4.91. The number of rotatable bonds is 5. The van der Waals surface area contributed by atoms with Gasteiger partial charge in [-0.2, -0.15) is 0 Å².